The Balaban J connectivity index is 2.81. The summed E-state index contributed by atoms with van der Waals surface area (Å²) in [5, 5.41) is 19.7. The lowest BCUT2D eigenvalue weighted by atomic mass is 10.1. The Morgan fingerprint density at radius 2 is 2.25 bits per heavy atom. The van der Waals surface area contributed by atoms with E-state index in [1.54, 1.807) is 6.92 Å². The van der Waals surface area contributed by atoms with Crippen LogP contribution in [0.15, 0.2) is 18.2 Å². The van der Waals surface area contributed by atoms with Gasteiger partial charge < -0.3 is 9.84 Å². The molecule has 0 aliphatic heterocycles. The zero-order valence-electron chi connectivity index (χ0n) is 8.67. The van der Waals surface area contributed by atoms with Crippen LogP contribution in [0.2, 0.25) is 0 Å². The minimum absolute atomic E-state index is 0.0145. The van der Waals surface area contributed by atoms with E-state index in [1.165, 1.54) is 12.1 Å². The summed E-state index contributed by atoms with van der Waals surface area (Å²) in [7, 11) is 0. The van der Waals surface area contributed by atoms with Crippen molar-refractivity contribution in [2.75, 3.05) is 6.61 Å². The van der Waals surface area contributed by atoms with Crippen molar-refractivity contribution in [2.45, 2.75) is 13.3 Å². The Bertz CT molecular complexity index is 416. The van der Waals surface area contributed by atoms with Crippen molar-refractivity contribution in [3.8, 4) is 5.75 Å². The molecule has 0 aromatic heterocycles. The lowest BCUT2D eigenvalue weighted by molar-refractivity contribution is -0.385. The van der Waals surface area contributed by atoms with Gasteiger partial charge >= 0.3 is 11.7 Å². The zero-order valence-corrected chi connectivity index (χ0v) is 8.67. The predicted molar refractivity (Wildman–Crippen MR) is 55.1 cm³/mol. The number of ether oxygens (including phenoxy) is 1. The molecule has 0 atom stereocenters. The molecule has 1 rings (SSSR count). The molecule has 0 bridgehead atoms. The lowest BCUT2D eigenvalue weighted by Crippen LogP contribution is -2.07. The molecule has 0 spiro atoms. The van der Waals surface area contributed by atoms with E-state index >= 15 is 0 Å². The molecule has 6 heteroatoms. The number of aromatic hydroxyl groups is 1. The Hall–Kier alpha value is -2.11. The standard InChI is InChI=1S/C10H11NO5/c1-2-16-10(13)6-7-3-4-8(11(14)15)9(12)5-7/h3-5,12H,2,6H2,1H3. The van der Waals surface area contributed by atoms with Gasteiger partial charge in [0, 0.05) is 6.07 Å². The first-order valence-corrected chi connectivity index (χ1v) is 4.66. The van der Waals surface area contributed by atoms with E-state index in [4.69, 9.17) is 4.74 Å². The highest BCUT2D eigenvalue weighted by Crippen LogP contribution is 2.26. The third-order valence-electron chi connectivity index (χ3n) is 1.89. The fourth-order valence-corrected chi connectivity index (χ4v) is 1.21. The second-order valence-corrected chi connectivity index (χ2v) is 3.06. The number of rotatable bonds is 4. The number of nitro groups is 1. The summed E-state index contributed by atoms with van der Waals surface area (Å²) in [5.74, 6) is -0.887. The molecule has 0 aliphatic rings. The maximum atomic E-state index is 11.1. The number of phenolic OH excluding ortho intramolecular Hbond substituents is 1. The first-order chi connectivity index (χ1) is 7.54. The number of phenols is 1. The Labute approximate surface area is 91.6 Å². The average molecular weight is 225 g/mol. The van der Waals surface area contributed by atoms with E-state index in [2.05, 4.69) is 0 Å². The quantitative estimate of drug-likeness (QED) is 0.475. The summed E-state index contributed by atoms with van der Waals surface area (Å²) in [6.45, 7) is 1.96. The molecule has 0 unspecified atom stereocenters. The molecule has 86 valence electrons. The van der Waals surface area contributed by atoms with Crippen LogP contribution < -0.4 is 0 Å². The third-order valence-corrected chi connectivity index (χ3v) is 1.89. The molecule has 1 aromatic rings. The number of hydrogen-bond donors (Lipinski definition) is 1. The Kier molecular flexibility index (Phi) is 3.82. The molecule has 0 fully saturated rings. The number of benzene rings is 1. The number of hydrogen-bond acceptors (Lipinski definition) is 5. The van der Waals surface area contributed by atoms with Crippen LogP contribution in [-0.2, 0) is 16.0 Å². The first-order valence-electron chi connectivity index (χ1n) is 4.66. The van der Waals surface area contributed by atoms with E-state index in [-0.39, 0.29) is 18.7 Å². The summed E-state index contributed by atoms with van der Waals surface area (Å²) in [5.41, 5.74) is 0.0918. The normalized spacial score (nSPS) is 9.81. The SMILES string of the molecule is CCOC(=O)Cc1ccc([N+](=O)[O-])c(O)c1. The van der Waals surface area contributed by atoms with Crippen LogP contribution in [0.5, 0.6) is 5.75 Å². The molecule has 1 aromatic carbocycles. The van der Waals surface area contributed by atoms with Crippen LogP contribution in [0.4, 0.5) is 5.69 Å². The molecule has 16 heavy (non-hydrogen) atoms. The van der Waals surface area contributed by atoms with Gasteiger partial charge in [-0.1, -0.05) is 6.07 Å². The number of esters is 1. The van der Waals surface area contributed by atoms with Gasteiger partial charge in [0.15, 0.2) is 5.75 Å². The van der Waals surface area contributed by atoms with Gasteiger partial charge in [0.25, 0.3) is 0 Å². The van der Waals surface area contributed by atoms with Crippen molar-refractivity contribution >= 4 is 11.7 Å². The van der Waals surface area contributed by atoms with Gasteiger partial charge in [0.2, 0.25) is 0 Å². The Morgan fingerprint density at radius 3 is 2.75 bits per heavy atom. The van der Waals surface area contributed by atoms with Crippen molar-refractivity contribution in [3.63, 3.8) is 0 Å². The summed E-state index contributed by atoms with van der Waals surface area (Å²) in [6.07, 6.45) is -0.0145. The number of carbonyl (C=O) groups is 1. The van der Waals surface area contributed by atoms with E-state index in [0.717, 1.165) is 6.07 Å². The van der Waals surface area contributed by atoms with Gasteiger partial charge in [-0.05, 0) is 18.6 Å². The molecule has 6 nitrogen and oxygen atoms in total. The van der Waals surface area contributed by atoms with Gasteiger partial charge in [0.1, 0.15) is 0 Å². The smallest absolute Gasteiger partial charge is 0.310 e. The molecule has 0 saturated carbocycles. The van der Waals surface area contributed by atoms with E-state index in [9.17, 15) is 20.0 Å². The fraction of sp³-hybridized carbons (Fsp3) is 0.300. The Morgan fingerprint density at radius 1 is 1.56 bits per heavy atom. The maximum Gasteiger partial charge on any atom is 0.310 e. The molecule has 0 heterocycles. The molecule has 1 N–H and O–H groups in total. The van der Waals surface area contributed by atoms with E-state index in [1.807, 2.05) is 0 Å². The van der Waals surface area contributed by atoms with Gasteiger partial charge in [-0.3, -0.25) is 14.9 Å². The van der Waals surface area contributed by atoms with Crippen molar-refractivity contribution in [2.24, 2.45) is 0 Å². The molecule has 0 aliphatic carbocycles. The van der Waals surface area contributed by atoms with Crippen LogP contribution in [0.1, 0.15) is 12.5 Å². The predicted octanol–water partition coefficient (Wildman–Crippen LogP) is 1.41. The van der Waals surface area contributed by atoms with E-state index < -0.39 is 16.6 Å². The highest BCUT2D eigenvalue weighted by molar-refractivity contribution is 5.73. The third kappa shape index (κ3) is 2.94. The molecular formula is C10H11NO5. The monoisotopic (exact) mass is 225 g/mol. The highest BCUT2D eigenvalue weighted by Gasteiger charge is 2.14. The zero-order chi connectivity index (χ0) is 12.1. The van der Waals surface area contributed by atoms with Gasteiger partial charge in [0.05, 0.1) is 18.0 Å². The van der Waals surface area contributed by atoms with Crippen LogP contribution in [0.3, 0.4) is 0 Å². The second kappa shape index (κ2) is 5.11. The van der Waals surface area contributed by atoms with Gasteiger partial charge in [-0.2, -0.15) is 0 Å². The van der Waals surface area contributed by atoms with Crippen molar-refractivity contribution in [3.05, 3.63) is 33.9 Å². The highest BCUT2D eigenvalue weighted by atomic mass is 16.6. The first kappa shape index (κ1) is 12.0. The van der Waals surface area contributed by atoms with E-state index in [0.29, 0.717) is 5.56 Å². The van der Waals surface area contributed by atoms with Crippen molar-refractivity contribution in [1.29, 1.82) is 0 Å². The van der Waals surface area contributed by atoms with Crippen molar-refractivity contribution in [1.82, 2.24) is 0 Å². The van der Waals surface area contributed by atoms with Gasteiger partial charge in [-0.15, -0.1) is 0 Å². The van der Waals surface area contributed by atoms with Crippen LogP contribution in [0.25, 0.3) is 0 Å². The summed E-state index contributed by atoms with van der Waals surface area (Å²) >= 11 is 0. The van der Waals surface area contributed by atoms with Crippen LogP contribution >= 0.6 is 0 Å². The molecule has 0 saturated heterocycles. The maximum absolute atomic E-state index is 11.1. The molecular weight excluding hydrogens is 214 g/mol. The molecule has 0 amide bonds. The largest absolute Gasteiger partial charge is 0.502 e. The summed E-state index contributed by atoms with van der Waals surface area (Å²) in [4.78, 5) is 20.8. The van der Waals surface area contributed by atoms with Crippen LogP contribution in [0, 0.1) is 10.1 Å². The van der Waals surface area contributed by atoms with Gasteiger partial charge in [-0.25, -0.2) is 0 Å². The minimum atomic E-state index is -0.691. The topological polar surface area (TPSA) is 89.7 Å². The summed E-state index contributed by atoms with van der Waals surface area (Å²) in [6, 6.07) is 3.76. The number of nitro benzene ring substituents is 1. The summed E-state index contributed by atoms with van der Waals surface area (Å²) < 4.78 is 4.71. The average Bonchev–Trinajstić information content (AvgIpc) is 2.17. The lowest BCUT2D eigenvalue weighted by Gasteiger charge is -2.02. The second-order valence-electron chi connectivity index (χ2n) is 3.06. The number of nitrogens with zero attached hydrogens (tertiary/aromatic N) is 1. The van der Waals surface area contributed by atoms with Crippen molar-refractivity contribution < 1.29 is 19.6 Å². The van der Waals surface area contributed by atoms with Crippen LogP contribution in [-0.4, -0.2) is 22.6 Å². The number of carbonyl (C=O) groups excluding carboxylic acids is 1. The fourth-order valence-electron chi connectivity index (χ4n) is 1.21. The minimum Gasteiger partial charge on any atom is -0.502 e. The molecule has 0 radical (unpaired) electrons.